The van der Waals surface area contributed by atoms with Crippen molar-refractivity contribution in [1.82, 2.24) is 10.3 Å². The quantitative estimate of drug-likeness (QED) is 0.800. The number of nitrogens with one attached hydrogen (secondary N) is 1. The average Bonchev–Trinajstić information content (AvgIpc) is 3.13. The maximum Gasteiger partial charge on any atom is 0.175 e. The molecule has 1 aliphatic rings. The normalized spacial score (nSPS) is 17.8. The molecule has 24 heavy (non-hydrogen) atoms. The molecule has 1 N–H and O–H groups in total. The lowest BCUT2D eigenvalue weighted by Gasteiger charge is -2.37. The fraction of sp³-hybridized carbons (Fsp3) is 0.250. The molecule has 1 saturated heterocycles. The minimum Gasteiger partial charge on any atom is -0.460 e. The predicted molar refractivity (Wildman–Crippen MR) is 96.1 cm³/mol. The highest BCUT2D eigenvalue weighted by atomic mass is 16.3. The summed E-state index contributed by atoms with van der Waals surface area (Å²) < 4.78 is 5.78. The number of furan rings is 1. The van der Waals surface area contributed by atoms with Crippen molar-refractivity contribution in [1.29, 1.82) is 0 Å². The zero-order valence-corrected chi connectivity index (χ0v) is 13.6. The van der Waals surface area contributed by atoms with Gasteiger partial charge in [-0.3, -0.25) is 4.98 Å². The zero-order valence-electron chi connectivity index (χ0n) is 13.6. The van der Waals surface area contributed by atoms with Crippen molar-refractivity contribution in [2.45, 2.75) is 12.5 Å². The van der Waals surface area contributed by atoms with Crippen LogP contribution in [0.15, 0.2) is 71.5 Å². The molecule has 0 amide bonds. The Morgan fingerprint density at radius 3 is 2.79 bits per heavy atom. The van der Waals surface area contributed by atoms with Gasteiger partial charge in [-0.2, -0.15) is 0 Å². The highest BCUT2D eigenvalue weighted by Crippen LogP contribution is 2.33. The fourth-order valence-electron chi connectivity index (χ4n) is 3.36. The van der Waals surface area contributed by atoms with Gasteiger partial charge < -0.3 is 14.6 Å². The molecular formula is C20H21N3O. The van der Waals surface area contributed by atoms with Gasteiger partial charge in [-0.15, -0.1) is 0 Å². The summed E-state index contributed by atoms with van der Waals surface area (Å²) in [6.45, 7) is 2.93. The van der Waals surface area contributed by atoms with Crippen LogP contribution in [0.25, 0.3) is 11.5 Å². The summed E-state index contributed by atoms with van der Waals surface area (Å²) in [5, 5.41) is 3.52. The van der Waals surface area contributed by atoms with Crippen LogP contribution in [0.2, 0.25) is 0 Å². The summed E-state index contributed by atoms with van der Waals surface area (Å²) in [6, 6.07) is 19.0. The first-order valence-electron chi connectivity index (χ1n) is 8.42. The molecular weight excluding hydrogens is 298 g/mol. The van der Waals surface area contributed by atoms with Gasteiger partial charge in [0, 0.05) is 37.9 Å². The van der Waals surface area contributed by atoms with Gasteiger partial charge in [0.2, 0.25) is 0 Å². The highest BCUT2D eigenvalue weighted by molar-refractivity contribution is 5.71. The SMILES string of the molecule is c1ccc(CC2CNCCN2c2ccoc2-c2ccccn2)cc1. The molecule has 3 heterocycles. The third kappa shape index (κ3) is 3.05. The van der Waals surface area contributed by atoms with Crippen LogP contribution in [-0.4, -0.2) is 30.7 Å². The first-order valence-corrected chi connectivity index (χ1v) is 8.42. The Bertz CT molecular complexity index is 770. The van der Waals surface area contributed by atoms with Crippen LogP contribution in [0.5, 0.6) is 0 Å². The summed E-state index contributed by atoms with van der Waals surface area (Å²) >= 11 is 0. The topological polar surface area (TPSA) is 41.3 Å². The lowest BCUT2D eigenvalue weighted by molar-refractivity contribution is 0.472. The van der Waals surface area contributed by atoms with Crippen molar-refractivity contribution in [3.05, 3.63) is 72.6 Å². The molecule has 2 aromatic heterocycles. The average molecular weight is 319 g/mol. The molecule has 0 bridgehead atoms. The Kier molecular flexibility index (Phi) is 4.30. The maximum atomic E-state index is 5.78. The van der Waals surface area contributed by atoms with Gasteiger partial charge >= 0.3 is 0 Å². The van der Waals surface area contributed by atoms with Crippen LogP contribution >= 0.6 is 0 Å². The second kappa shape index (κ2) is 6.89. The van der Waals surface area contributed by atoms with E-state index in [1.54, 1.807) is 12.5 Å². The van der Waals surface area contributed by atoms with Crippen LogP contribution in [-0.2, 0) is 6.42 Å². The molecule has 0 saturated carbocycles. The van der Waals surface area contributed by atoms with Crippen LogP contribution < -0.4 is 10.2 Å². The van der Waals surface area contributed by atoms with Gasteiger partial charge in [0.25, 0.3) is 0 Å². The monoisotopic (exact) mass is 319 g/mol. The van der Waals surface area contributed by atoms with Gasteiger partial charge in [-0.1, -0.05) is 36.4 Å². The van der Waals surface area contributed by atoms with Crippen molar-refractivity contribution >= 4 is 5.69 Å². The number of rotatable bonds is 4. The predicted octanol–water partition coefficient (Wildman–Crippen LogP) is 3.36. The number of nitrogens with zero attached hydrogens (tertiary/aromatic N) is 2. The molecule has 1 aromatic carbocycles. The number of anilines is 1. The van der Waals surface area contributed by atoms with Gasteiger partial charge in [-0.05, 0) is 24.1 Å². The molecule has 0 spiro atoms. The fourth-order valence-corrected chi connectivity index (χ4v) is 3.36. The molecule has 4 rings (SSSR count). The van der Waals surface area contributed by atoms with Crippen molar-refractivity contribution in [2.24, 2.45) is 0 Å². The van der Waals surface area contributed by atoms with E-state index in [1.165, 1.54) is 5.56 Å². The Hall–Kier alpha value is -2.59. The Morgan fingerprint density at radius 2 is 1.96 bits per heavy atom. The van der Waals surface area contributed by atoms with E-state index >= 15 is 0 Å². The van der Waals surface area contributed by atoms with E-state index in [0.29, 0.717) is 6.04 Å². The Balaban J connectivity index is 1.63. The third-order valence-corrected chi connectivity index (χ3v) is 4.52. The van der Waals surface area contributed by atoms with E-state index in [4.69, 9.17) is 4.42 Å². The van der Waals surface area contributed by atoms with E-state index in [2.05, 4.69) is 51.6 Å². The zero-order chi connectivity index (χ0) is 16.2. The number of piperazine rings is 1. The summed E-state index contributed by atoms with van der Waals surface area (Å²) in [6.07, 6.45) is 4.59. The Morgan fingerprint density at radius 1 is 1.08 bits per heavy atom. The van der Waals surface area contributed by atoms with E-state index < -0.39 is 0 Å². The smallest absolute Gasteiger partial charge is 0.175 e. The minimum absolute atomic E-state index is 0.404. The third-order valence-electron chi connectivity index (χ3n) is 4.52. The molecule has 1 aliphatic heterocycles. The molecule has 0 radical (unpaired) electrons. The summed E-state index contributed by atoms with van der Waals surface area (Å²) in [7, 11) is 0. The van der Waals surface area contributed by atoms with Crippen LogP contribution in [0.4, 0.5) is 5.69 Å². The number of aromatic nitrogens is 1. The summed E-state index contributed by atoms with van der Waals surface area (Å²) in [5.41, 5.74) is 3.38. The lowest BCUT2D eigenvalue weighted by Crippen LogP contribution is -2.52. The molecule has 1 atom stereocenters. The summed E-state index contributed by atoms with van der Waals surface area (Å²) in [4.78, 5) is 6.91. The van der Waals surface area contributed by atoms with Gasteiger partial charge in [0.15, 0.2) is 5.76 Å². The van der Waals surface area contributed by atoms with Crippen LogP contribution in [0.3, 0.4) is 0 Å². The largest absolute Gasteiger partial charge is 0.460 e. The van der Waals surface area contributed by atoms with Crippen molar-refractivity contribution in [3.8, 4) is 11.5 Å². The molecule has 0 aliphatic carbocycles. The molecule has 4 heteroatoms. The second-order valence-electron chi connectivity index (χ2n) is 6.09. The van der Waals surface area contributed by atoms with Crippen LogP contribution in [0, 0.1) is 0 Å². The van der Waals surface area contributed by atoms with E-state index in [9.17, 15) is 0 Å². The second-order valence-corrected chi connectivity index (χ2v) is 6.09. The molecule has 3 aromatic rings. The maximum absolute atomic E-state index is 5.78. The number of pyridine rings is 1. The van der Waals surface area contributed by atoms with E-state index in [1.807, 2.05) is 18.2 Å². The van der Waals surface area contributed by atoms with Gasteiger partial charge in [0.1, 0.15) is 5.69 Å². The van der Waals surface area contributed by atoms with Crippen molar-refractivity contribution in [3.63, 3.8) is 0 Å². The van der Waals surface area contributed by atoms with E-state index in [0.717, 1.165) is 43.2 Å². The van der Waals surface area contributed by atoms with Gasteiger partial charge in [-0.25, -0.2) is 0 Å². The molecule has 4 nitrogen and oxygen atoms in total. The standard InChI is InChI=1S/C20H21N3O/c1-2-6-16(7-3-1)14-17-15-21-11-12-23(17)19-9-13-24-20(19)18-8-4-5-10-22-18/h1-10,13,17,21H,11-12,14-15H2. The number of hydrogen-bond donors (Lipinski definition) is 1. The Labute approximate surface area is 142 Å². The highest BCUT2D eigenvalue weighted by Gasteiger charge is 2.26. The molecule has 122 valence electrons. The minimum atomic E-state index is 0.404. The first kappa shape index (κ1) is 15.0. The molecule has 1 fully saturated rings. The van der Waals surface area contributed by atoms with Crippen molar-refractivity contribution in [2.75, 3.05) is 24.5 Å². The summed E-state index contributed by atoms with van der Waals surface area (Å²) in [5.74, 6) is 0.857. The van der Waals surface area contributed by atoms with Gasteiger partial charge in [0.05, 0.1) is 12.0 Å². The van der Waals surface area contributed by atoms with Crippen molar-refractivity contribution < 1.29 is 4.42 Å². The number of hydrogen-bond acceptors (Lipinski definition) is 4. The number of benzene rings is 1. The van der Waals surface area contributed by atoms with Crippen LogP contribution in [0.1, 0.15) is 5.56 Å². The first-order chi connectivity index (χ1) is 11.9. The van der Waals surface area contributed by atoms with E-state index in [-0.39, 0.29) is 0 Å². The lowest BCUT2D eigenvalue weighted by atomic mass is 10.0. The molecule has 1 unspecified atom stereocenters.